The van der Waals surface area contributed by atoms with Gasteiger partial charge in [0, 0.05) is 0 Å². The molecule has 2 aromatic rings. The lowest BCUT2D eigenvalue weighted by molar-refractivity contribution is -0.144. The van der Waals surface area contributed by atoms with Gasteiger partial charge >= 0.3 is 11.9 Å². The molecular formula is C19H24N2O5S. The molecule has 0 N–H and O–H groups in total. The summed E-state index contributed by atoms with van der Waals surface area (Å²) in [5, 5.41) is 0.362. The van der Waals surface area contributed by atoms with Crippen LogP contribution in [0.25, 0.3) is 10.2 Å². The Kier molecular flexibility index (Phi) is 6.26. The van der Waals surface area contributed by atoms with Gasteiger partial charge < -0.3 is 9.47 Å². The lowest BCUT2D eigenvalue weighted by Gasteiger charge is -2.21. The second-order valence-electron chi connectivity index (χ2n) is 6.80. The Morgan fingerprint density at radius 1 is 1.30 bits per heavy atom. The van der Waals surface area contributed by atoms with Gasteiger partial charge in [0.15, 0.2) is 0 Å². The zero-order chi connectivity index (χ0) is 19.4. The third-order valence-corrected chi connectivity index (χ3v) is 5.88. The van der Waals surface area contributed by atoms with Crippen LogP contribution in [0.1, 0.15) is 60.7 Å². The summed E-state index contributed by atoms with van der Waals surface area (Å²) in [6.45, 7) is 3.74. The van der Waals surface area contributed by atoms with Crippen LogP contribution in [0.2, 0.25) is 0 Å². The summed E-state index contributed by atoms with van der Waals surface area (Å²) in [5.41, 5.74) is 0.212. The van der Waals surface area contributed by atoms with Gasteiger partial charge in [-0.05, 0) is 44.6 Å². The van der Waals surface area contributed by atoms with Crippen molar-refractivity contribution in [2.24, 2.45) is 0 Å². The summed E-state index contributed by atoms with van der Waals surface area (Å²) >= 11 is 1.16. The van der Waals surface area contributed by atoms with Crippen molar-refractivity contribution in [1.29, 1.82) is 0 Å². The fourth-order valence-corrected chi connectivity index (χ4v) is 4.28. The van der Waals surface area contributed by atoms with Gasteiger partial charge in [-0.15, -0.1) is 11.3 Å². The number of fused-ring (bicyclic) bond motifs is 1. The zero-order valence-corrected chi connectivity index (χ0v) is 16.5. The average Bonchev–Trinajstić information content (AvgIpc) is 3.00. The van der Waals surface area contributed by atoms with Crippen molar-refractivity contribution in [3.63, 3.8) is 0 Å². The molecule has 0 saturated heterocycles. The van der Waals surface area contributed by atoms with Gasteiger partial charge in [0.25, 0.3) is 5.56 Å². The molecule has 0 aliphatic heterocycles. The smallest absolute Gasteiger partial charge is 0.348 e. The van der Waals surface area contributed by atoms with Crippen LogP contribution in [0.3, 0.4) is 0 Å². The second kappa shape index (κ2) is 8.65. The van der Waals surface area contributed by atoms with Crippen LogP contribution in [0.5, 0.6) is 0 Å². The summed E-state index contributed by atoms with van der Waals surface area (Å²) in [7, 11) is 0. The highest BCUT2D eigenvalue weighted by molar-refractivity contribution is 7.20. The lowest BCUT2D eigenvalue weighted by atomic mass is 9.98. The number of hydrogen-bond acceptors (Lipinski definition) is 7. The molecule has 0 unspecified atom stereocenters. The van der Waals surface area contributed by atoms with Gasteiger partial charge in [-0.25, -0.2) is 9.78 Å². The quantitative estimate of drug-likeness (QED) is 0.702. The first-order chi connectivity index (χ1) is 13.0. The normalized spacial score (nSPS) is 15.0. The van der Waals surface area contributed by atoms with E-state index in [1.54, 1.807) is 6.92 Å². The van der Waals surface area contributed by atoms with Crippen molar-refractivity contribution in [3.05, 3.63) is 27.1 Å². The SMILES string of the molecule is CCCOC(=O)Cn1cnc2sc(C(=O)OC3CCCCC3)c(C)c2c1=O. The summed E-state index contributed by atoms with van der Waals surface area (Å²) in [6, 6.07) is 0. The molecule has 0 bridgehead atoms. The molecule has 1 saturated carbocycles. The fraction of sp³-hybridized carbons (Fsp3) is 0.579. The highest BCUT2D eigenvalue weighted by atomic mass is 32.1. The number of ether oxygens (including phenoxy) is 2. The minimum absolute atomic E-state index is 0.0474. The minimum atomic E-state index is -0.482. The van der Waals surface area contributed by atoms with E-state index in [9.17, 15) is 14.4 Å². The van der Waals surface area contributed by atoms with Crippen molar-refractivity contribution in [1.82, 2.24) is 9.55 Å². The predicted octanol–water partition coefficient (Wildman–Crippen LogP) is 3.21. The number of carbonyl (C=O) groups excluding carboxylic acids is 2. The first-order valence-electron chi connectivity index (χ1n) is 9.36. The van der Waals surface area contributed by atoms with E-state index in [2.05, 4.69) is 4.98 Å². The molecule has 0 amide bonds. The Labute approximate surface area is 161 Å². The summed E-state index contributed by atoms with van der Waals surface area (Å²) in [5.74, 6) is -0.874. The molecule has 146 valence electrons. The maximum absolute atomic E-state index is 12.8. The maximum atomic E-state index is 12.8. The summed E-state index contributed by atoms with van der Waals surface area (Å²) in [4.78, 5) is 42.3. The Hall–Kier alpha value is -2.22. The van der Waals surface area contributed by atoms with E-state index in [4.69, 9.17) is 9.47 Å². The topological polar surface area (TPSA) is 87.5 Å². The molecule has 0 radical (unpaired) electrons. The maximum Gasteiger partial charge on any atom is 0.348 e. The van der Waals surface area contributed by atoms with Crippen LogP contribution in [-0.4, -0.2) is 34.2 Å². The first-order valence-corrected chi connectivity index (χ1v) is 10.2. The number of carbonyl (C=O) groups is 2. The Morgan fingerprint density at radius 2 is 2.04 bits per heavy atom. The standard InChI is InChI=1S/C19H24N2O5S/c1-3-9-25-14(22)10-21-11-20-17-15(18(21)23)12(2)16(27-17)19(24)26-13-7-5-4-6-8-13/h11,13H,3-10H2,1-2H3. The van der Waals surface area contributed by atoms with Crippen LogP contribution in [-0.2, 0) is 20.8 Å². The summed E-state index contributed by atoms with van der Waals surface area (Å²) < 4.78 is 11.9. The number of aryl methyl sites for hydroxylation is 1. The minimum Gasteiger partial charge on any atom is -0.464 e. The van der Waals surface area contributed by atoms with Crippen LogP contribution in [0.4, 0.5) is 0 Å². The van der Waals surface area contributed by atoms with E-state index in [1.807, 2.05) is 6.92 Å². The first kappa shape index (κ1) is 19.5. The number of rotatable bonds is 6. The Balaban J connectivity index is 1.83. The molecule has 2 heterocycles. The van der Waals surface area contributed by atoms with E-state index < -0.39 is 11.9 Å². The molecule has 2 aromatic heterocycles. The monoisotopic (exact) mass is 392 g/mol. The molecule has 1 aliphatic carbocycles. The van der Waals surface area contributed by atoms with Gasteiger partial charge in [0.1, 0.15) is 22.4 Å². The third-order valence-electron chi connectivity index (χ3n) is 4.70. The van der Waals surface area contributed by atoms with Gasteiger partial charge in [-0.3, -0.25) is 14.2 Å². The van der Waals surface area contributed by atoms with Crippen molar-refractivity contribution in [2.75, 3.05) is 6.61 Å². The molecule has 1 aliphatic rings. The van der Waals surface area contributed by atoms with Crippen LogP contribution < -0.4 is 5.56 Å². The largest absolute Gasteiger partial charge is 0.464 e. The molecule has 1 fully saturated rings. The fourth-order valence-electron chi connectivity index (χ4n) is 3.26. The second-order valence-corrected chi connectivity index (χ2v) is 7.80. The van der Waals surface area contributed by atoms with Crippen LogP contribution in [0, 0.1) is 6.92 Å². The molecular weight excluding hydrogens is 368 g/mol. The lowest BCUT2D eigenvalue weighted by Crippen LogP contribution is -2.26. The van der Waals surface area contributed by atoms with E-state index in [0.717, 1.165) is 37.0 Å². The van der Waals surface area contributed by atoms with Crippen molar-refractivity contribution >= 4 is 33.5 Å². The van der Waals surface area contributed by atoms with Crippen LogP contribution in [0.15, 0.2) is 11.1 Å². The highest BCUT2D eigenvalue weighted by Crippen LogP contribution is 2.29. The van der Waals surface area contributed by atoms with Crippen LogP contribution >= 0.6 is 11.3 Å². The predicted molar refractivity (Wildman–Crippen MR) is 102 cm³/mol. The van der Waals surface area contributed by atoms with Crippen molar-refractivity contribution in [2.45, 2.75) is 65.0 Å². The number of nitrogens with zero attached hydrogens (tertiary/aromatic N) is 2. The number of esters is 2. The van der Waals surface area contributed by atoms with Crippen molar-refractivity contribution in [3.8, 4) is 0 Å². The van der Waals surface area contributed by atoms with Gasteiger partial charge in [0.05, 0.1) is 18.3 Å². The molecule has 27 heavy (non-hydrogen) atoms. The molecule has 7 nitrogen and oxygen atoms in total. The van der Waals surface area contributed by atoms with E-state index in [0.29, 0.717) is 33.7 Å². The van der Waals surface area contributed by atoms with Gasteiger partial charge in [0.2, 0.25) is 0 Å². The van der Waals surface area contributed by atoms with Gasteiger partial charge in [-0.2, -0.15) is 0 Å². The van der Waals surface area contributed by atoms with E-state index in [1.165, 1.54) is 17.3 Å². The Bertz CT molecular complexity index is 895. The number of thiophene rings is 1. The van der Waals surface area contributed by atoms with Crippen molar-refractivity contribution < 1.29 is 19.1 Å². The zero-order valence-electron chi connectivity index (χ0n) is 15.7. The highest BCUT2D eigenvalue weighted by Gasteiger charge is 2.24. The third kappa shape index (κ3) is 4.37. The molecule has 8 heteroatoms. The number of aromatic nitrogens is 2. The molecule has 0 aromatic carbocycles. The molecule has 0 spiro atoms. The van der Waals surface area contributed by atoms with E-state index in [-0.39, 0.29) is 18.2 Å². The molecule has 3 rings (SSSR count). The van der Waals surface area contributed by atoms with Gasteiger partial charge in [-0.1, -0.05) is 13.3 Å². The summed E-state index contributed by atoms with van der Waals surface area (Å²) in [6.07, 6.45) is 7.10. The average molecular weight is 392 g/mol. The number of hydrogen-bond donors (Lipinski definition) is 0. The Morgan fingerprint density at radius 3 is 2.74 bits per heavy atom. The molecule has 0 atom stereocenters. The van der Waals surface area contributed by atoms with E-state index >= 15 is 0 Å².